The van der Waals surface area contributed by atoms with Crippen molar-refractivity contribution in [2.45, 2.75) is 20.1 Å². The van der Waals surface area contributed by atoms with E-state index in [-0.39, 0.29) is 0 Å². The summed E-state index contributed by atoms with van der Waals surface area (Å²) in [5, 5.41) is 4.60. The molecule has 0 unspecified atom stereocenters. The number of aryl methyl sites for hydroxylation is 1. The second-order valence-electron chi connectivity index (χ2n) is 6.00. The lowest BCUT2D eigenvalue weighted by atomic mass is 10.1. The van der Waals surface area contributed by atoms with Gasteiger partial charge in [-0.3, -0.25) is 0 Å². The molecule has 0 aliphatic heterocycles. The molecule has 0 spiro atoms. The number of ether oxygens (including phenoxy) is 1. The lowest BCUT2D eigenvalue weighted by Crippen LogP contribution is -2.04. The Morgan fingerprint density at radius 3 is 2.50 bits per heavy atom. The van der Waals surface area contributed by atoms with Crippen LogP contribution < -0.4 is 10.1 Å². The Kier molecular flexibility index (Phi) is 6.47. The first-order valence-corrected chi connectivity index (χ1v) is 9.72. The number of benzene rings is 3. The second-order valence-corrected chi connectivity index (χ2v) is 7.76. The highest BCUT2D eigenvalue weighted by molar-refractivity contribution is 9.10. The Labute approximate surface area is 172 Å². The van der Waals surface area contributed by atoms with Crippen molar-refractivity contribution in [1.29, 1.82) is 0 Å². The van der Waals surface area contributed by atoms with Gasteiger partial charge in [0.1, 0.15) is 12.4 Å². The Bertz CT molecular complexity index is 897. The van der Waals surface area contributed by atoms with Crippen molar-refractivity contribution in [3.63, 3.8) is 0 Å². The standard InChI is InChI=1S/C21H18BrCl2NO/c1-14-2-4-15(5-3-14)13-26-21-9-6-17(22)10-16(21)12-25-20-11-18(23)7-8-19(20)24/h2-11,25H,12-13H2,1H3. The summed E-state index contributed by atoms with van der Waals surface area (Å²) < 4.78 is 7.04. The van der Waals surface area contributed by atoms with Crippen LogP contribution in [-0.4, -0.2) is 0 Å². The average Bonchev–Trinajstić information content (AvgIpc) is 2.63. The van der Waals surface area contributed by atoms with E-state index in [4.69, 9.17) is 27.9 Å². The predicted octanol–water partition coefficient (Wildman–Crippen LogP) is 7.26. The zero-order chi connectivity index (χ0) is 18.5. The second kappa shape index (κ2) is 8.81. The third kappa shape index (κ3) is 5.16. The molecule has 5 heteroatoms. The maximum absolute atomic E-state index is 6.23. The summed E-state index contributed by atoms with van der Waals surface area (Å²) in [5.74, 6) is 0.833. The molecule has 0 aliphatic carbocycles. The summed E-state index contributed by atoms with van der Waals surface area (Å²) in [6, 6.07) is 19.7. The molecule has 3 rings (SSSR count). The van der Waals surface area contributed by atoms with Crippen molar-refractivity contribution in [1.82, 2.24) is 0 Å². The molecule has 2 nitrogen and oxygen atoms in total. The van der Waals surface area contributed by atoms with Crippen molar-refractivity contribution in [2.24, 2.45) is 0 Å². The van der Waals surface area contributed by atoms with E-state index in [9.17, 15) is 0 Å². The van der Waals surface area contributed by atoms with E-state index < -0.39 is 0 Å². The van der Waals surface area contributed by atoms with Gasteiger partial charge in [-0.05, 0) is 48.9 Å². The molecule has 3 aromatic rings. The first-order chi connectivity index (χ1) is 12.5. The zero-order valence-corrected chi connectivity index (χ0v) is 17.3. The summed E-state index contributed by atoms with van der Waals surface area (Å²) >= 11 is 15.8. The number of hydrogen-bond donors (Lipinski definition) is 1. The molecule has 0 atom stereocenters. The Morgan fingerprint density at radius 1 is 0.962 bits per heavy atom. The third-order valence-corrected chi connectivity index (χ3v) is 4.99. The molecule has 0 amide bonds. The van der Waals surface area contributed by atoms with Crippen molar-refractivity contribution in [3.8, 4) is 5.75 Å². The largest absolute Gasteiger partial charge is 0.489 e. The fourth-order valence-corrected chi connectivity index (χ4v) is 3.26. The van der Waals surface area contributed by atoms with E-state index in [1.807, 2.05) is 24.3 Å². The smallest absolute Gasteiger partial charge is 0.124 e. The van der Waals surface area contributed by atoms with Crippen molar-refractivity contribution < 1.29 is 4.74 Å². The number of rotatable bonds is 6. The highest BCUT2D eigenvalue weighted by Gasteiger charge is 2.07. The van der Waals surface area contributed by atoms with Gasteiger partial charge in [0.15, 0.2) is 0 Å². The van der Waals surface area contributed by atoms with Gasteiger partial charge in [-0.25, -0.2) is 0 Å². The van der Waals surface area contributed by atoms with Crippen LogP contribution in [0.4, 0.5) is 5.69 Å². The lowest BCUT2D eigenvalue weighted by molar-refractivity contribution is 0.303. The van der Waals surface area contributed by atoms with E-state index in [0.717, 1.165) is 27.0 Å². The van der Waals surface area contributed by atoms with Gasteiger partial charge in [-0.2, -0.15) is 0 Å². The fourth-order valence-electron chi connectivity index (χ4n) is 2.50. The van der Waals surface area contributed by atoms with Crippen molar-refractivity contribution in [3.05, 3.63) is 91.9 Å². The number of hydrogen-bond acceptors (Lipinski definition) is 2. The van der Waals surface area contributed by atoms with Crippen LogP contribution in [0.1, 0.15) is 16.7 Å². The van der Waals surface area contributed by atoms with Gasteiger partial charge in [0.25, 0.3) is 0 Å². The SMILES string of the molecule is Cc1ccc(COc2ccc(Br)cc2CNc2cc(Cl)ccc2Cl)cc1. The highest BCUT2D eigenvalue weighted by Crippen LogP contribution is 2.29. The quantitative estimate of drug-likeness (QED) is 0.426. The molecule has 0 aliphatic rings. The van der Waals surface area contributed by atoms with Crippen LogP contribution in [0.3, 0.4) is 0 Å². The molecule has 0 heterocycles. The fraction of sp³-hybridized carbons (Fsp3) is 0.143. The number of anilines is 1. The molecular formula is C21H18BrCl2NO. The van der Waals surface area contributed by atoms with Gasteiger partial charge in [0, 0.05) is 21.6 Å². The molecule has 26 heavy (non-hydrogen) atoms. The topological polar surface area (TPSA) is 21.3 Å². The minimum absolute atomic E-state index is 0.521. The zero-order valence-electron chi connectivity index (χ0n) is 14.2. The molecule has 134 valence electrons. The molecule has 0 aromatic heterocycles. The van der Waals surface area contributed by atoms with Crippen LogP contribution in [0.2, 0.25) is 10.0 Å². The summed E-state index contributed by atoms with van der Waals surface area (Å²) in [6.45, 7) is 3.17. The van der Waals surface area contributed by atoms with Crippen LogP contribution in [0.5, 0.6) is 5.75 Å². The van der Waals surface area contributed by atoms with E-state index in [1.54, 1.807) is 12.1 Å². The van der Waals surface area contributed by atoms with E-state index in [2.05, 4.69) is 52.4 Å². The lowest BCUT2D eigenvalue weighted by Gasteiger charge is -2.14. The van der Waals surface area contributed by atoms with Gasteiger partial charge in [-0.1, -0.05) is 69.0 Å². The molecule has 0 radical (unpaired) electrons. The van der Waals surface area contributed by atoms with Crippen LogP contribution in [0, 0.1) is 6.92 Å². The van der Waals surface area contributed by atoms with Gasteiger partial charge < -0.3 is 10.1 Å². The molecule has 3 aromatic carbocycles. The van der Waals surface area contributed by atoms with Crippen LogP contribution >= 0.6 is 39.1 Å². The van der Waals surface area contributed by atoms with Crippen LogP contribution in [-0.2, 0) is 13.2 Å². The highest BCUT2D eigenvalue weighted by atomic mass is 79.9. The van der Waals surface area contributed by atoms with Crippen LogP contribution in [0.15, 0.2) is 65.1 Å². The maximum Gasteiger partial charge on any atom is 0.124 e. The normalized spacial score (nSPS) is 10.6. The first-order valence-electron chi connectivity index (χ1n) is 8.17. The Balaban J connectivity index is 1.73. The van der Waals surface area contributed by atoms with E-state index >= 15 is 0 Å². The third-order valence-electron chi connectivity index (χ3n) is 3.94. The Hall–Kier alpha value is -1.68. The van der Waals surface area contributed by atoms with Crippen LogP contribution in [0.25, 0.3) is 0 Å². The molecule has 0 saturated heterocycles. The average molecular weight is 451 g/mol. The molecule has 0 saturated carbocycles. The summed E-state index contributed by atoms with van der Waals surface area (Å²) in [4.78, 5) is 0. The molecule has 1 N–H and O–H groups in total. The first kappa shape index (κ1) is 19.1. The molecule has 0 fully saturated rings. The van der Waals surface area contributed by atoms with Gasteiger partial charge in [0.2, 0.25) is 0 Å². The number of nitrogens with one attached hydrogen (secondary N) is 1. The van der Waals surface area contributed by atoms with Gasteiger partial charge >= 0.3 is 0 Å². The summed E-state index contributed by atoms with van der Waals surface area (Å²) in [6.07, 6.45) is 0. The predicted molar refractivity (Wildman–Crippen MR) is 113 cm³/mol. The minimum atomic E-state index is 0.521. The van der Waals surface area contributed by atoms with E-state index in [1.165, 1.54) is 5.56 Å². The maximum atomic E-state index is 6.23. The summed E-state index contributed by atoms with van der Waals surface area (Å²) in [7, 11) is 0. The van der Waals surface area contributed by atoms with E-state index in [0.29, 0.717) is 23.2 Å². The molecule has 0 bridgehead atoms. The minimum Gasteiger partial charge on any atom is -0.489 e. The Morgan fingerprint density at radius 2 is 1.73 bits per heavy atom. The van der Waals surface area contributed by atoms with Crippen molar-refractivity contribution in [2.75, 3.05) is 5.32 Å². The summed E-state index contributed by atoms with van der Waals surface area (Å²) in [5.41, 5.74) is 4.20. The van der Waals surface area contributed by atoms with Gasteiger partial charge in [-0.15, -0.1) is 0 Å². The number of halogens is 3. The van der Waals surface area contributed by atoms with Gasteiger partial charge in [0.05, 0.1) is 10.7 Å². The molecular weight excluding hydrogens is 433 g/mol. The monoisotopic (exact) mass is 449 g/mol. The van der Waals surface area contributed by atoms with Crippen molar-refractivity contribution >= 4 is 44.8 Å².